The molecule has 3 rings (SSSR count). The highest BCUT2D eigenvalue weighted by Gasteiger charge is 2.38. The molecule has 0 amide bonds. The van der Waals surface area contributed by atoms with Gasteiger partial charge in [-0.1, -0.05) is 0 Å². The van der Waals surface area contributed by atoms with E-state index in [9.17, 15) is 26.3 Å². The Labute approximate surface area is 195 Å². The average molecular weight is 514 g/mol. The minimum absolute atomic E-state index is 0.536. The molecular formula is C19H24F6N6O4. The number of imidazole rings is 1. The van der Waals surface area contributed by atoms with Crippen molar-refractivity contribution in [1.29, 1.82) is 0 Å². The molecule has 35 heavy (non-hydrogen) atoms. The van der Waals surface area contributed by atoms with E-state index in [1.165, 1.54) is 5.69 Å². The van der Waals surface area contributed by atoms with Crippen LogP contribution in [-0.2, 0) is 29.2 Å². The van der Waals surface area contributed by atoms with E-state index >= 15 is 0 Å². The van der Waals surface area contributed by atoms with Crippen molar-refractivity contribution < 1.29 is 46.1 Å². The lowest BCUT2D eigenvalue weighted by atomic mass is 10.3. The van der Waals surface area contributed by atoms with E-state index in [0.717, 1.165) is 38.0 Å². The molecule has 0 unspecified atom stereocenters. The number of hydrogen-bond acceptors (Lipinski definition) is 7. The minimum Gasteiger partial charge on any atom is -0.475 e. The van der Waals surface area contributed by atoms with Gasteiger partial charge in [-0.15, -0.1) is 0 Å². The summed E-state index contributed by atoms with van der Waals surface area (Å²) in [4.78, 5) is 35.5. The van der Waals surface area contributed by atoms with Gasteiger partial charge in [0.05, 0.1) is 12.2 Å². The number of hydrogen-bond donors (Lipinski definition) is 2. The maximum atomic E-state index is 10.6. The van der Waals surface area contributed by atoms with Crippen LogP contribution in [0.5, 0.6) is 0 Å². The SMILES string of the molecule is CC(C)N(C)Cc1cnc2n1CCN(c1ncccn1)C2.O=C(O)C(F)(F)F.O=C(O)C(F)(F)F. The van der Waals surface area contributed by atoms with Crippen molar-refractivity contribution in [3.05, 3.63) is 36.2 Å². The number of carboxylic acids is 2. The van der Waals surface area contributed by atoms with Crippen LogP contribution in [0.2, 0.25) is 0 Å². The molecule has 0 spiro atoms. The molecule has 2 aromatic rings. The number of nitrogens with zero attached hydrogens (tertiary/aromatic N) is 6. The highest BCUT2D eigenvalue weighted by molar-refractivity contribution is 5.73. The molecule has 1 aliphatic heterocycles. The van der Waals surface area contributed by atoms with E-state index < -0.39 is 24.3 Å². The molecule has 196 valence electrons. The zero-order chi connectivity index (χ0) is 27.0. The number of aliphatic carboxylic acids is 2. The third-order valence-corrected chi connectivity index (χ3v) is 4.56. The quantitative estimate of drug-likeness (QED) is 0.593. The highest BCUT2D eigenvalue weighted by Crippen LogP contribution is 2.19. The summed E-state index contributed by atoms with van der Waals surface area (Å²) in [5.74, 6) is -3.63. The first-order chi connectivity index (χ1) is 16.0. The fourth-order valence-electron chi connectivity index (χ4n) is 2.51. The molecule has 2 N–H and O–H groups in total. The molecule has 0 atom stereocenters. The van der Waals surface area contributed by atoms with E-state index in [-0.39, 0.29) is 0 Å². The van der Waals surface area contributed by atoms with Gasteiger partial charge in [0.1, 0.15) is 5.82 Å². The van der Waals surface area contributed by atoms with Gasteiger partial charge in [-0.25, -0.2) is 24.5 Å². The second kappa shape index (κ2) is 12.3. The summed E-state index contributed by atoms with van der Waals surface area (Å²) < 4.78 is 65.8. The fourth-order valence-corrected chi connectivity index (χ4v) is 2.51. The van der Waals surface area contributed by atoms with Gasteiger partial charge in [0.15, 0.2) is 0 Å². The van der Waals surface area contributed by atoms with Crippen molar-refractivity contribution in [3.8, 4) is 0 Å². The predicted molar refractivity (Wildman–Crippen MR) is 109 cm³/mol. The lowest BCUT2D eigenvalue weighted by molar-refractivity contribution is -0.193. The molecule has 16 heteroatoms. The average Bonchev–Trinajstić information content (AvgIpc) is 3.15. The van der Waals surface area contributed by atoms with Gasteiger partial charge in [-0.3, -0.25) is 4.90 Å². The van der Waals surface area contributed by atoms with Crippen molar-refractivity contribution in [2.75, 3.05) is 18.5 Å². The van der Waals surface area contributed by atoms with Gasteiger partial charge in [-0.05, 0) is 27.0 Å². The first-order valence-corrected chi connectivity index (χ1v) is 9.89. The van der Waals surface area contributed by atoms with E-state index in [1.54, 1.807) is 12.4 Å². The summed E-state index contributed by atoms with van der Waals surface area (Å²) in [5, 5.41) is 14.2. The van der Waals surface area contributed by atoms with Crippen molar-refractivity contribution in [3.63, 3.8) is 0 Å². The van der Waals surface area contributed by atoms with E-state index in [1.807, 2.05) is 12.3 Å². The molecule has 0 aliphatic carbocycles. The lowest BCUT2D eigenvalue weighted by Crippen LogP contribution is -2.36. The predicted octanol–water partition coefficient (Wildman–Crippen LogP) is 2.80. The number of aromatic nitrogens is 4. The summed E-state index contributed by atoms with van der Waals surface area (Å²) in [5.41, 5.74) is 1.29. The van der Waals surface area contributed by atoms with Crippen LogP contribution in [0.1, 0.15) is 25.4 Å². The minimum atomic E-state index is -5.08. The Morgan fingerprint density at radius 1 is 1.00 bits per heavy atom. The Kier molecular flexibility index (Phi) is 10.4. The third kappa shape index (κ3) is 9.76. The fraction of sp³-hybridized carbons (Fsp3) is 0.526. The van der Waals surface area contributed by atoms with Crippen LogP contribution in [-0.4, -0.2) is 78.6 Å². The molecule has 0 saturated carbocycles. The topological polar surface area (TPSA) is 125 Å². The zero-order valence-electron chi connectivity index (χ0n) is 18.9. The summed E-state index contributed by atoms with van der Waals surface area (Å²) >= 11 is 0. The summed E-state index contributed by atoms with van der Waals surface area (Å²) in [7, 11) is 2.15. The van der Waals surface area contributed by atoms with Crippen LogP contribution in [0, 0.1) is 0 Å². The van der Waals surface area contributed by atoms with Crippen LogP contribution in [0.3, 0.4) is 0 Å². The summed E-state index contributed by atoms with van der Waals surface area (Å²) in [6, 6.07) is 2.38. The number of rotatable bonds is 4. The second-order valence-electron chi connectivity index (χ2n) is 7.40. The molecule has 10 nitrogen and oxygen atoms in total. The molecule has 3 heterocycles. The lowest BCUT2D eigenvalue weighted by Gasteiger charge is -2.29. The maximum absolute atomic E-state index is 10.6. The first kappa shape index (κ1) is 29.6. The Bertz CT molecular complexity index is 941. The molecule has 0 bridgehead atoms. The largest absolute Gasteiger partial charge is 0.490 e. The third-order valence-electron chi connectivity index (χ3n) is 4.56. The van der Waals surface area contributed by atoms with Gasteiger partial charge < -0.3 is 19.7 Å². The molecule has 0 saturated heterocycles. The highest BCUT2D eigenvalue weighted by atomic mass is 19.4. The van der Waals surface area contributed by atoms with Crippen molar-refractivity contribution in [1.82, 2.24) is 24.4 Å². The van der Waals surface area contributed by atoms with Crippen LogP contribution in [0.15, 0.2) is 24.7 Å². The number of alkyl halides is 6. The Balaban J connectivity index is 0.000000362. The first-order valence-electron chi connectivity index (χ1n) is 9.89. The maximum Gasteiger partial charge on any atom is 0.490 e. The van der Waals surface area contributed by atoms with Gasteiger partial charge in [0.25, 0.3) is 0 Å². The number of halogens is 6. The summed E-state index contributed by atoms with van der Waals surface area (Å²) in [6.45, 7) is 7.99. The molecule has 2 aromatic heterocycles. The Morgan fingerprint density at radius 3 is 1.91 bits per heavy atom. The number of anilines is 1. The molecule has 0 aromatic carbocycles. The van der Waals surface area contributed by atoms with Crippen LogP contribution < -0.4 is 4.90 Å². The van der Waals surface area contributed by atoms with Gasteiger partial charge >= 0.3 is 24.3 Å². The Morgan fingerprint density at radius 2 is 1.49 bits per heavy atom. The van der Waals surface area contributed by atoms with Crippen LogP contribution in [0.25, 0.3) is 0 Å². The van der Waals surface area contributed by atoms with Gasteiger partial charge in [0.2, 0.25) is 5.95 Å². The number of carbonyl (C=O) groups is 2. The smallest absolute Gasteiger partial charge is 0.475 e. The summed E-state index contributed by atoms with van der Waals surface area (Å²) in [6.07, 6.45) is -4.59. The molecule has 0 radical (unpaired) electrons. The van der Waals surface area contributed by atoms with Crippen molar-refractivity contribution in [2.24, 2.45) is 0 Å². The van der Waals surface area contributed by atoms with Gasteiger partial charge in [0, 0.05) is 44.3 Å². The van der Waals surface area contributed by atoms with E-state index in [4.69, 9.17) is 19.8 Å². The van der Waals surface area contributed by atoms with Crippen molar-refractivity contribution >= 4 is 17.9 Å². The number of fused-ring (bicyclic) bond motifs is 1. The normalized spacial score (nSPS) is 13.4. The van der Waals surface area contributed by atoms with Crippen molar-refractivity contribution in [2.45, 2.75) is 51.9 Å². The zero-order valence-corrected chi connectivity index (χ0v) is 18.9. The van der Waals surface area contributed by atoms with Gasteiger partial charge in [-0.2, -0.15) is 26.3 Å². The number of carboxylic acid groups (broad SMARTS) is 2. The standard InChI is InChI=1S/C15H22N6.2C2HF3O2/c1-12(2)19(3)10-13-9-18-14-11-20(7-8-21(13)14)15-16-5-4-6-17-15;2*3-2(4,5)1(6)7/h4-6,9,12H,7-8,10-11H2,1-3H3;2*(H,6,7). The van der Waals surface area contributed by atoms with E-state index in [2.05, 4.69) is 50.2 Å². The Hall–Kier alpha value is -3.43. The van der Waals surface area contributed by atoms with E-state index in [0.29, 0.717) is 6.04 Å². The monoisotopic (exact) mass is 514 g/mol. The molecule has 0 fully saturated rings. The van der Waals surface area contributed by atoms with Crippen LogP contribution >= 0.6 is 0 Å². The molecule has 1 aliphatic rings. The molecular weight excluding hydrogens is 490 g/mol. The van der Waals surface area contributed by atoms with Crippen LogP contribution in [0.4, 0.5) is 32.3 Å². The second-order valence-corrected chi connectivity index (χ2v) is 7.40.